The molecule has 64 valence electrons. The van der Waals surface area contributed by atoms with Crippen LogP contribution in [0.1, 0.15) is 0 Å². The van der Waals surface area contributed by atoms with E-state index in [1.54, 1.807) is 25.5 Å². The molecule has 4 N–H and O–H groups in total. The summed E-state index contributed by atoms with van der Waals surface area (Å²) in [4.78, 5) is 3.85. The molecule has 12 heavy (non-hydrogen) atoms. The second kappa shape index (κ2) is 3.87. The molecule has 0 saturated carbocycles. The first kappa shape index (κ1) is 8.73. The molecule has 0 aliphatic carbocycles. The molecule has 1 aromatic heterocycles. The number of nitrogen functional groups attached to an aromatic ring is 1. The third-order valence-electron chi connectivity index (χ3n) is 1.33. The summed E-state index contributed by atoms with van der Waals surface area (Å²) in [5, 5.41) is 6.24. The Kier molecular flexibility index (Phi) is 2.82. The lowest BCUT2D eigenvalue weighted by molar-refractivity contribution is 1.19. The molecule has 1 aromatic rings. The van der Waals surface area contributed by atoms with Crippen LogP contribution in [-0.4, -0.2) is 17.1 Å². The molecule has 4 nitrogen and oxygen atoms in total. The molecule has 1 rings (SSSR count). The lowest BCUT2D eigenvalue weighted by atomic mass is 10.3. The van der Waals surface area contributed by atoms with Crippen molar-refractivity contribution in [1.29, 1.82) is 0 Å². The Balaban J connectivity index is 2.75. The zero-order valence-corrected chi connectivity index (χ0v) is 7.48. The fourth-order valence-electron chi connectivity index (χ4n) is 0.705. The highest BCUT2D eigenvalue weighted by molar-refractivity contribution is 7.80. The number of nitrogens with two attached hydrogens (primary N) is 1. The van der Waals surface area contributed by atoms with Crippen LogP contribution in [0.4, 0.5) is 11.4 Å². The molecule has 0 aliphatic rings. The molecule has 0 unspecified atom stereocenters. The van der Waals surface area contributed by atoms with Crippen molar-refractivity contribution >= 4 is 28.7 Å². The van der Waals surface area contributed by atoms with Crippen molar-refractivity contribution < 1.29 is 0 Å². The Morgan fingerprint density at radius 2 is 2.42 bits per heavy atom. The van der Waals surface area contributed by atoms with Gasteiger partial charge in [-0.3, -0.25) is 4.98 Å². The van der Waals surface area contributed by atoms with Crippen LogP contribution in [0, 0.1) is 0 Å². The van der Waals surface area contributed by atoms with E-state index in [-0.39, 0.29) is 0 Å². The number of hydrogen-bond donors (Lipinski definition) is 3. The third kappa shape index (κ3) is 2.06. The van der Waals surface area contributed by atoms with Gasteiger partial charge < -0.3 is 16.4 Å². The molecule has 0 amide bonds. The minimum atomic E-state index is 0.535. The second-order valence-electron chi connectivity index (χ2n) is 2.17. The van der Waals surface area contributed by atoms with E-state index in [9.17, 15) is 0 Å². The lowest BCUT2D eigenvalue weighted by Crippen LogP contribution is -2.24. The first-order chi connectivity index (χ1) is 5.74. The summed E-state index contributed by atoms with van der Waals surface area (Å²) in [6.45, 7) is 0. The molecule has 0 spiro atoms. The van der Waals surface area contributed by atoms with Crippen molar-refractivity contribution in [1.82, 2.24) is 10.3 Å². The maximum atomic E-state index is 5.61. The van der Waals surface area contributed by atoms with Crippen LogP contribution in [0.2, 0.25) is 0 Å². The zero-order chi connectivity index (χ0) is 8.97. The Bertz CT molecular complexity index is 286. The highest BCUT2D eigenvalue weighted by atomic mass is 32.1. The molecule has 0 radical (unpaired) electrons. The Morgan fingerprint density at radius 1 is 1.67 bits per heavy atom. The third-order valence-corrected chi connectivity index (χ3v) is 1.63. The first-order valence-electron chi connectivity index (χ1n) is 3.42. The van der Waals surface area contributed by atoms with Gasteiger partial charge in [-0.05, 0) is 18.3 Å². The van der Waals surface area contributed by atoms with Gasteiger partial charge >= 0.3 is 0 Å². The maximum absolute atomic E-state index is 5.61. The van der Waals surface area contributed by atoms with Gasteiger partial charge in [-0.25, -0.2) is 0 Å². The van der Waals surface area contributed by atoms with Gasteiger partial charge in [-0.1, -0.05) is 0 Å². The van der Waals surface area contributed by atoms with Crippen LogP contribution >= 0.6 is 12.2 Å². The standard InChI is InChI=1S/C7H10N4S/c1-9-7(12)11-6-2-3-10-4-5(6)8/h2-4H,8H2,1H3,(H2,9,10,11,12). The molecule has 0 aromatic carbocycles. The van der Waals surface area contributed by atoms with Crippen LogP contribution in [0.3, 0.4) is 0 Å². The van der Waals surface area contributed by atoms with Crippen LogP contribution in [-0.2, 0) is 0 Å². The van der Waals surface area contributed by atoms with Gasteiger partial charge in [0, 0.05) is 13.2 Å². The number of thiocarbonyl (C=S) groups is 1. The molecule has 0 fully saturated rings. The summed E-state index contributed by atoms with van der Waals surface area (Å²) in [5.41, 5.74) is 6.96. The largest absolute Gasteiger partial charge is 0.396 e. The number of nitrogens with one attached hydrogen (secondary N) is 2. The molecule has 1 heterocycles. The minimum Gasteiger partial charge on any atom is -0.396 e. The summed E-state index contributed by atoms with van der Waals surface area (Å²) in [7, 11) is 1.74. The minimum absolute atomic E-state index is 0.535. The number of rotatable bonds is 1. The number of hydrogen-bond acceptors (Lipinski definition) is 3. The van der Waals surface area contributed by atoms with E-state index in [0.29, 0.717) is 10.8 Å². The Morgan fingerprint density at radius 3 is 3.00 bits per heavy atom. The Hall–Kier alpha value is -1.36. The average molecular weight is 182 g/mol. The normalized spacial score (nSPS) is 9.08. The molecular weight excluding hydrogens is 172 g/mol. The molecule has 0 atom stereocenters. The quantitative estimate of drug-likeness (QED) is 0.554. The van der Waals surface area contributed by atoms with E-state index in [2.05, 4.69) is 15.6 Å². The van der Waals surface area contributed by atoms with Crippen LogP contribution in [0.15, 0.2) is 18.5 Å². The molecule has 0 saturated heterocycles. The fraction of sp³-hybridized carbons (Fsp3) is 0.143. The van der Waals surface area contributed by atoms with Gasteiger partial charge in [-0.2, -0.15) is 0 Å². The SMILES string of the molecule is CNC(=S)Nc1ccncc1N. The summed E-state index contributed by atoms with van der Waals surface area (Å²) < 4.78 is 0. The second-order valence-corrected chi connectivity index (χ2v) is 2.58. The average Bonchev–Trinajstić information content (AvgIpc) is 2.09. The predicted octanol–water partition coefficient (Wildman–Crippen LogP) is 0.580. The molecular formula is C7H10N4S. The fourth-order valence-corrected chi connectivity index (χ4v) is 0.815. The molecule has 5 heteroatoms. The van der Waals surface area contributed by atoms with Gasteiger partial charge in [0.15, 0.2) is 5.11 Å². The van der Waals surface area contributed by atoms with E-state index >= 15 is 0 Å². The highest BCUT2D eigenvalue weighted by Crippen LogP contribution is 2.14. The summed E-state index contributed by atoms with van der Waals surface area (Å²) >= 11 is 4.90. The smallest absolute Gasteiger partial charge is 0.170 e. The number of anilines is 2. The zero-order valence-electron chi connectivity index (χ0n) is 6.66. The summed E-state index contributed by atoms with van der Waals surface area (Å²) in [5.74, 6) is 0. The maximum Gasteiger partial charge on any atom is 0.170 e. The van der Waals surface area contributed by atoms with Crippen LogP contribution in [0.25, 0.3) is 0 Å². The van der Waals surface area contributed by atoms with Gasteiger partial charge in [-0.15, -0.1) is 0 Å². The van der Waals surface area contributed by atoms with E-state index in [1.165, 1.54) is 0 Å². The monoisotopic (exact) mass is 182 g/mol. The van der Waals surface area contributed by atoms with Gasteiger partial charge in [0.1, 0.15) is 0 Å². The number of pyridine rings is 1. The van der Waals surface area contributed by atoms with Crippen molar-refractivity contribution in [2.24, 2.45) is 0 Å². The topological polar surface area (TPSA) is 63.0 Å². The first-order valence-corrected chi connectivity index (χ1v) is 3.83. The van der Waals surface area contributed by atoms with Crippen molar-refractivity contribution in [2.45, 2.75) is 0 Å². The van der Waals surface area contributed by atoms with E-state index in [4.69, 9.17) is 18.0 Å². The van der Waals surface area contributed by atoms with Crippen molar-refractivity contribution in [3.63, 3.8) is 0 Å². The van der Waals surface area contributed by atoms with Crippen molar-refractivity contribution in [2.75, 3.05) is 18.1 Å². The van der Waals surface area contributed by atoms with Gasteiger partial charge in [0.2, 0.25) is 0 Å². The lowest BCUT2D eigenvalue weighted by Gasteiger charge is -2.08. The van der Waals surface area contributed by atoms with Crippen LogP contribution < -0.4 is 16.4 Å². The predicted molar refractivity (Wildman–Crippen MR) is 53.9 cm³/mol. The summed E-state index contributed by atoms with van der Waals surface area (Å²) in [6, 6.07) is 1.76. The molecule has 0 bridgehead atoms. The number of aromatic nitrogens is 1. The Labute approximate surface area is 76.2 Å². The molecule has 0 aliphatic heterocycles. The van der Waals surface area contributed by atoms with Crippen molar-refractivity contribution in [3.05, 3.63) is 18.5 Å². The van der Waals surface area contributed by atoms with Gasteiger partial charge in [0.25, 0.3) is 0 Å². The van der Waals surface area contributed by atoms with E-state index in [0.717, 1.165) is 5.69 Å². The van der Waals surface area contributed by atoms with E-state index < -0.39 is 0 Å². The van der Waals surface area contributed by atoms with Crippen LogP contribution in [0.5, 0.6) is 0 Å². The van der Waals surface area contributed by atoms with Crippen molar-refractivity contribution in [3.8, 4) is 0 Å². The number of nitrogens with zero attached hydrogens (tertiary/aromatic N) is 1. The summed E-state index contributed by atoms with van der Waals surface area (Å²) in [6.07, 6.45) is 3.22. The van der Waals surface area contributed by atoms with Gasteiger partial charge in [0.05, 0.1) is 17.6 Å². The highest BCUT2D eigenvalue weighted by Gasteiger charge is 1.97. The van der Waals surface area contributed by atoms with E-state index in [1.807, 2.05) is 0 Å².